The lowest BCUT2D eigenvalue weighted by molar-refractivity contribution is 0.242. The molecule has 0 saturated carbocycles. The number of benzene rings is 1. The zero-order valence-electron chi connectivity index (χ0n) is 12.1. The molecule has 116 valence electrons. The summed E-state index contributed by atoms with van der Waals surface area (Å²) in [7, 11) is -1.32. The van der Waals surface area contributed by atoms with Crippen LogP contribution in [0.2, 0.25) is 0 Å². The maximum absolute atomic E-state index is 12.2. The highest BCUT2D eigenvalue weighted by Gasteiger charge is 2.22. The fourth-order valence-corrected chi connectivity index (χ4v) is 4.09. The summed E-state index contributed by atoms with van der Waals surface area (Å²) in [6, 6.07) is 7.01. The Morgan fingerprint density at radius 1 is 1.43 bits per heavy atom. The number of likely N-dealkylation sites (N-methyl/N-ethyl adjacent to an activating group) is 1. The molecule has 1 unspecified atom stereocenters. The van der Waals surface area contributed by atoms with E-state index in [1.165, 1.54) is 0 Å². The van der Waals surface area contributed by atoms with Gasteiger partial charge in [0, 0.05) is 18.2 Å². The van der Waals surface area contributed by atoms with E-state index in [1.54, 1.807) is 24.3 Å². The highest BCUT2D eigenvalue weighted by atomic mass is 32.2. The van der Waals surface area contributed by atoms with Crippen LogP contribution in [0, 0.1) is 0 Å². The molecule has 5 nitrogen and oxygen atoms in total. The van der Waals surface area contributed by atoms with Crippen molar-refractivity contribution in [3.05, 3.63) is 35.4 Å². The van der Waals surface area contributed by atoms with Gasteiger partial charge in [0.25, 0.3) is 0 Å². The molecule has 1 fully saturated rings. The quantitative estimate of drug-likeness (QED) is 0.784. The standard InChI is InChI=1S/C14H21N3O2S2/c1-17-8-2-3-13(9-17)16-21(18,19)10-11-4-6-12(7-5-11)14(15)20/h4-7,13,16H,2-3,8-10H2,1H3,(H2,15,20). The molecule has 0 spiro atoms. The number of nitrogens with zero attached hydrogens (tertiary/aromatic N) is 1. The second-order valence-electron chi connectivity index (χ2n) is 5.54. The molecule has 0 amide bonds. The molecule has 1 aliphatic heterocycles. The van der Waals surface area contributed by atoms with Crippen LogP contribution < -0.4 is 10.5 Å². The minimum Gasteiger partial charge on any atom is -0.389 e. The van der Waals surface area contributed by atoms with Crippen molar-refractivity contribution < 1.29 is 8.42 Å². The zero-order chi connectivity index (χ0) is 15.5. The molecule has 1 saturated heterocycles. The average Bonchev–Trinajstić information content (AvgIpc) is 2.38. The number of piperidine rings is 1. The molecule has 7 heteroatoms. The van der Waals surface area contributed by atoms with Gasteiger partial charge in [-0.1, -0.05) is 36.5 Å². The molecule has 21 heavy (non-hydrogen) atoms. The van der Waals surface area contributed by atoms with Gasteiger partial charge in [0.15, 0.2) is 0 Å². The summed E-state index contributed by atoms with van der Waals surface area (Å²) in [4.78, 5) is 2.46. The summed E-state index contributed by atoms with van der Waals surface area (Å²) >= 11 is 4.88. The number of nitrogens with one attached hydrogen (secondary N) is 1. The summed E-state index contributed by atoms with van der Waals surface area (Å²) in [5.41, 5.74) is 7.00. The Labute approximate surface area is 131 Å². The summed E-state index contributed by atoms with van der Waals surface area (Å²) in [5.74, 6) is -0.0230. The lowest BCUT2D eigenvalue weighted by atomic mass is 10.1. The van der Waals surface area contributed by atoms with Gasteiger partial charge < -0.3 is 10.6 Å². The number of sulfonamides is 1. The van der Waals surface area contributed by atoms with E-state index in [2.05, 4.69) is 9.62 Å². The Bertz CT molecular complexity index is 599. The third-order valence-electron chi connectivity index (χ3n) is 3.57. The van der Waals surface area contributed by atoms with E-state index in [0.29, 0.717) is 4.99 Å². The predicted octanol–water partition coefficient (Wildman–Crippen LogP) is 0.834. The first kappa shape index (κ1) is 16.4. The first-order valence-corrected chi connectivity index (χ1v) is 8.99. The number of hydrogen-bond donors (Lipinski definition) is 2. The van der Waals surface area contributed by atoms with Crippen LogP contribution in [0.5, 0.6) is 0 Å². The second kappa shape index (κ2) is 6.83. The van der Waals surface area contributed by atoms with E-state index in [0.717, 1.165) is 37.1 Å². The van der Waals surface area contributed by atoms with E-state index in [-0.39, 0.29) is 11.8 Å². The molecule has 1 heterocycles. The van der Waals surface area contributed by atoms with Crippen LogP contribution in [0.25, 0.3) is 0 Å². The van der Waals surface area contributed by atoms with Gasteiger partial charge in [0.2, 0.25) is 10.0 Å². The number of hydrogen-bond acceptors (Lipinski definition) is 4. The van der Waals surface area contributed by atoms with Gasteiger partial charge in [-0.25, -0.2) is 13.1 Å². The highest BCUT2D eigenvalue weighted by Crippen LogP contribution is 2.12. The van der Waals surface area contributed by atoms with Gasteiger partial charge in [-0.15, -0.1) is 0 Å². The van der Waals surface area contributed by atoms with Crippen LogP contribution in [0.1, 0.15) is 24.0 Å². The maximum Gasteiger partial charge on any atom is 0.216 e. The third-order valence-corrected chi connectivity index (χ3v) is 5.21. The second-order valence-corrected chi connectivity index (χ2v) is 7.73. The number of nitrogens with two attached hydrogens (primary N) is 1. The first-order chi connectivity index (χ1) is 9.85. The zero-order valence-corrected chi connectivity index (χ0v) is 13.7. The van der Waals surface area contributed by atoms with Gasteiger partial charge in [-0.2, -0.15) is 0 Å². The Hall–Kier alpha value is -1.02. The molecule has 0 radical (unpaired) electrons. The van der Waals surface area contributed by atoms with Crippen molar-refractivity contribution in [2.75, 3.05) is 20.1 Å². The monoisotopic (exact) mass is 327 g/mol. The molecule has 0 aromatic heterocycles. The van der Waals surface area contributed by atoms with Gasteiger partial charge in [0.05, 0.1) is 5.75 Å². The van der Waals surface area contributed by atoms with Crippen molar-refractivity contribution in [2.45, 2.75) is 24.6 Å². The van der Waals surface area contributed by atoms with Gasteiger partial charge in [-0.05, 0) is 32.0 Å². The van der Waals surface area contributed by atoms with Crippen molar-refractivity contribution in [2.24, 2.45) is 5.73 Å². The van der Waals surface area contributed by atoms with Crippen molar-refractivity contribution in [1.82, 2.24) is 9.62 Å². The fourth-order valence-electron chi connectivity index (χ4n) is 2.54. The summed E-state index contributed by atoms with van der Waals surface area (Å²) < 4.78 is 27.2. The molecule has 0 bridgehead atoms. The van der Waals surface area contributed by atoms with Gasteiger partial charge in [0.1, 0.15) is 4.99 Å². The molecule has 0 aliphatic carbocycles. The largest absolute Gasteiger partial charge is 0.389 e. The van der Waals surface area contributed by atoms with E-state index in [4.69, 9.17) is 18.0 Å². The average molecular weight is 327 g/mol. The van der Waals surface area contributed by atoms with Crippen LogP contribution in [-0.2, 0) is 15.8 Å². The third kappa shape index (κ3) is 5.03. The van der Waals surface area contributed by atoms with Crippen LogP contribution in [0.4, 0.5) is 0 Å². The summed E-state index contributed by atoms with van der Waals surface area (Å²) in [5, 5.41) is 0. The molecule has 1 aliphatic rings. The molecular formula is C14H21N3O2S2. The predicted molar refractivity (Wildman–Crippen MR) is 88.6 cm³/mol. The Kier molecular flexibility index (Phi) is 5.32. The molecule has 1 aromatic carbocycles. The van der Waals surface area contributed by atoms with Crippen molar-refractivity contribution in [3.63, 3.8) is 0 Å². The van der Waals surface area contributed by atoms with Crippen LogP contribution in [0.3, 0.4) is 0 Å². The molecule has 1 aromatic rings. The lowest BCUT2D eigenvalue weighted by Crippen LogP contribution is -2.46. The number of rotatable bonds is 5. The molecule has 3 N–H and O–H groups in total. The van der Waals surface area contributed by atoms with Crippen LogP contribution in [0.15, 0.2) is 24.3 Å². The Morgan fingerprint density at radius 3 is 2.67 bits per heavy atom. The maximum atomic E-state index is 12.2. The minimum absolute atomic E-state index is 0.00430. The number of thiocarbonyl (C=S) groups is 1. The van der Waals surface area contributed by atoms with Crippen LogP contribution in [-0.4, -0.2) is 44.5 Å². The smallest absolute Gasteiger partial charge is 0.216 e. The fraction of sp³-hybridized carbons (Fsp3) is 0.500. The molecule has 1 atom stereocenters. The number of likely N-dealkylation sites (tertiary alicyclic amines) is 1. The van der Waals surface area contributed by atoms with E-state index in [9.17, 15) is 8.42 Å². The summed E-state index contributed by atoms with van der Waals surface area (Å²) in [6.07, 6.45) is 1.91. The Balaban J connectivity index is 1.98. The van der Waals surface area contributed by atoms with Crippen LogP contribution >= 0.6 is 12.2 Å². The SMILES string of the molecule is CN1CCCC(NS(=O)(=O)Cc2ccc(C(N)=S)cc2)C1. The van der Waals surface area contributed by atoms with Crippen molar-refractivity contribution in [3.8, 4) is 0 Å². The van der Waals surface area contributed by atoms with Crippen molar-refractivity contribution in [1.29, 1.82) is 0 Å². The minimum atomic E-state index is -3.33. The van der Waals surface area contributed by atoms with E-state index < -0.39 is 10.0 Å². The van der Waals surface area contributed by atoms with E-state index >= 15 is 0 Å². The Morgan fingerprint density at radius 2 is 2.10 bits per heavy atom. The normalized spacial score (nSPS) is 20.3. The first-order valence-electron chi connectivity index (χ1n) is 6.93. The van der Waals surface area contributed by atoms with Crippen molar-refractivity contribution >= 4 is 27.2 Å². The van der Waals surface area contributed by atoms with E-state index in [1.807, 2.05) is 7.05 Å². The topological polar surface area (TPSA) is 75.4 Å². The summed E-state index contributed by atoms with van der Waals surface area (Å²) in [6.45, 7) is 1.79. The lowest BCUT2D eigenvalue weighted by Gasteiger charge is -2.29. The van der Waals surface area contributed by atoms with Gasteiger partial charge >= 0.3 is 0 Å². The highest BCUT2D eigenvalue weighted by molar-refractivity contribution is 7.88. The molecular weight excluding hydrogens is 306 g/mol. The van der Waals surface area contributed by atoms with Gasteiger partial charge in [-0.3, -0.25) is 0 Å². The molecule has 2 rings (SSSR count).